The van der Waals surface area contributed by atoms with Crippen LogP contribution in [-0.4, -0.2) is 29.3 Å². The zero-order valence-electron chi connectivity index (χ0n) is 9.93. The van der Waals surface area contributed by atoms with Crippen molar-refractivity contribution in [1.82, 2.24) is 4.98 Å². The summed E-state index contributed by atoms with van der Waals surface area (Å²) in [6, 6.07) is 1.65. The number of hydrogen-bond donors (Lipinski definition) is 1. The average Bonchev–Trinajstić information content (AvgIpc) is 2.80. The van der Waals surface area contributed by atoms with Crippen LogP contribution in [0.15, 0.2) is 17.8 Å². The first kappa shape index (κ1) is 11.8. The van der Waals surface area contributed by atoms with Gasteiger partial charge in [-0.3, -0.25) is 4.98 Å². The number of carbonyl (C=O) groups is 1. The van der Waals surface area contributed by atoms with Crippen LogP contribution in [0.2, 0.25) is 0 Å². The van der Waals surface area contributed by atoms with Crippen LogP contribution in [0.4, 0.5) is 0 Å². The van der Waals surface area contributed by atoms with Crippen LogP contribution in [-0.2, 0) is 11.2 Å². The summed E-state index contributed by atoms with van der Waals surface area (Å²) in [6.07, 6.45) is 4.21. The number of pyridine rings is 1. The predicted octanol–water partition coefficient (Wildman–Crippen LogP) is 1.58. The topological polar surface area (TPSA) is 59.4 Å². The number of aromatic nitrogens is 1. The molecule has 4 nitrogen and oxygen atoms in total. The molecule has 0 fully saturated rings. The van der Waals surface area contributed by atoms with E-state index in [0.717, 1.165) is 16.8 Å². The summed E-state index contributed by atoms with van der Waals surface area (Å²) >= 11 is 0. The lowest BCUT2D eigenvalue weighted by Gasteiger charge is -2.09. The standard InChI is InChI=1S/C13H15NO3/c1-3-12(15)8-6-10-9(13(16)17-2)4-5-14-11(10)7-8/h4-5,7,12,15H,3,6H2,1-2H3. The molecule has 1 heterocycles. The van der Waals surface area contributed by atoms with Crippen molar-refractivity contribution in [2.45, 2.75) is 25.9 Å². The van der Waals surface area contributed by atoms with Crippen LogP contribution >= 0.6 is 0 Å². The second-order valence-corrected chi connectivity index (χ2v) is 4.03. The minimum absolute atomic E-state index is 0.357. The lowest BCUT2D eigenvalue weighted by molar-refractivity contribution is 0.0599. The molecule has 0 saturated heterocycles. The van der Waals surface area contributed by atoms with E-state index in [2.05, 4.69) is 4.98 Å². The van der Waals surface area contributed by atoms with Crippen LogP contribution in [0.1, 0.15) is 35.0 Å². The number of aliphatic hydroxyl groups excluding tert-OH is 1. The molecule has 17 heavy (non-hydrogen) atoms. The Morgan fingerprint density at radius 2 is 2.41 bits per heavy atom. The van der Waals surface area contributed by atoms with Crippen LogP contribution in [0.3, 0.4) is 0 Å². The Morgan fingerprint density at radius 1 is 1.65 bits per heavy atom. The SMILES string of the molecule is CCC(O)C1=Cc2nccc(C(=O)OC)c2C1. The molecule has 0 saturated carbocycles. The number of methoxy groups -OCH3 is 1. The minimum atomic E-state index is -0.463. The van der Waals surface area contributed by atoms with E-state index < -0.39 is 6.10 Å². The van der Waals surface area contributed by atoms with Crippen molar-refractivity contribution in [1.29, 1.82) is 0 Å². The molecule has 1 atom stereocenters. The highest BCUT2D eigenvalue weighted by Crippen LogP contribution is 2.29. The summed E-state index contributed by atoms with van der Waals surface area (Å²) in [7, 11) is 1.36. The van der Waals surface area contributed by atoms with Gasteiger partial charge in [0.2, 0.25) is 0 Å². The number of rotatable bonds is 3. The molecule has 0 radical (unpaired) electrons. The fourth-order valence-corrected chi connectivity index (χ4v) is 2.03. The summed E-state index contributed by atoms with van der Waals surface area (Å²) in [4.78, 5) is 15.8. The van der Waals surface area contributed by atoms with E-state index >= 15 is 0 Å². The first-order chi connectivity index (χ1) is 8.17. The molecule has 2 rings (SSSR count). The van der Waals surface area contributed by atoms with Crippen molar-refractivity contribution in [2.75, 3.05) is 7.11 Å². The van der Waals surface area contributed by atoms with Gasteiger partial charge in [0.15, 0.2) is 0 Å². The van der Waals surface area contributed by atoms with E-state index in [0.29, 0.717) is 18.4 Å². The smallest absolute Gasteiger partial charge is 0.338 e. The Morgan fingerprint density at radius 3 is 3.06 bits per heavy atom. The number of ether oxygens (including phenoxy) is 1. The second kappa shape index (κ2) is 4.67. The Kier molecular flexibility index (Phi) is 3.24. The molecule has 1 unspecified atom stereocenters. The van der Waals surface area contributed by atoms with E-state index in [1.807, 2.05) is 13.0 Å². The van der Waals surface area contributed by atoms with Crippen molar-refractivity contribution >= 4 is 12.0 Å². The summed E-state index contributed by atoms with van der Waals surface area (Å²) in [6.45, 7) is 1.92. The first-order valence-corrected chi connectivity index (χ1v) is 5.62. The normalized spacial score (nSPS) is 15.1. The van der Waals surface area contributed by atoms with Crippen LogP contribution < -0.4 is 0 Å². The van der Waals surface area contributed by atoms with Gasteiger partial charge in [0, 0.05) is 6.20 Å². The Labute approximate surface area is 99.9 Å². The molecule has 0 aromatic carbocycles. The van der Waals surface area contributed by atoms with Gasteiger partial charge in [-0.1, -0.05) is 6.92 Å². The highest BCUT2D eigenvalue weighted by Gasteiger charge is 2.24. The average molecular weight is 233 g/mol. The number of esters is 1. The van der Waals surface area contributed by atoms with Gasteiger partial charge in [0.25, 0.3) is 0 Å². The highest BCUT2D eigenvalue weighted by molar-refractivity contribution is 5.92. The second-order valence-electron chi connectivity index (χ2n) is 4.03. The summed E-state index contributed by atoms with van der Waals surface area (Å²) < 4.78 is 4.73. The van der Waals surface area contributed by atoms with Gasteiger partial charge >= 0.3 is 5.97 Å². The van der Waals surface area contributed by atoms with Crippen LogP contribution in [0, 0.1) is 0 Å². The molecule has 1 aromatic heterocycles. The van der Waals surface area contributed by atoms with Crippen molar-refractivity contribution in [3.63, 3.8) is 0 Å². The zero-order chi connectivity index (χ0) is 12.4. The van der Waals surface area contributed by atoms with Crippen LogP contribution in [0.25, 0.3) is 6.08 Å². The fraction of sp³-hybridized carbons (Fsp3) is 0.385. The molecule has 4 heteroatoms. The van der Waals surface area contributed by atoms with E-state index in [1.165, 1.54) is 7.11 Å². The third-order valence-electron chi connectivity index (χ3n) is 3.01. The lowest BCUT2D eigenvalue weighted by atomic mass is 10.0. The maximum atomic E-state index is 11.6. The quantitative estimate of drug-likeness (QED) is 0.805. The molecule has 0 amide bonds. The summed E-state index contributed by atoms with van der Waals surface area (Å²) in [5.41, 5.74) is 3.05. The van der Waals surface area contributed by atoms with Gasteiger partial charge in [-0.2, -0.15) is 0 Å². The van der Waals surface area contributed by atoms with Crippen LogP contribution in [0.5, 0.6) is 0 Å². The summed E-state index contributed by atoms with van der Waals surface area (Å²) in [5.74, 6) is -0.357. The molecule has 1 aliphatic rings. The van der Waals surface area contributed by atoms with E-state index in [-0.39, 0.29) is 5.97 Å². The fourth-order valence-electron chi connectivity index (χ4n) is 2.03. The largest absolute Gasteiger partial charge is 0.465 e. The van der Waals surface area contributed by atoms with Crippen molar-refractivity contribution in [3.05, 3.63) is 34.7 Å². The molecule has 1 N–H and O–H groups in total. The predicted molar refractivity (Wildman–Crippen MR) is 63.6 cm³/mol. The highest BCUT2D eigenvalue weighted by atomic mass is 16.5. The molecule has 0 spiro atoms. The molecule has 1 aliphatic carbocycles. The minimum Gasteiger partial charge on any atom is -0.465 e. The van der Waals surface area contributed by atoms with Crippen molar-refractivity contribution in [2.24, 2.45) is 0 Å². The summed E-state index contributed by atoms with van der Waals surface area (Å²) in [5, 5.41) is 9.80. The van der Waals surface area contributed by atoms with Gasteiger partial charge in [-0.25, -0.2) is 4.79 Å². The Hall–Kier alpha value is -1.68. The Bertz CT molecular complexity index is 480. The molecular weight excluding hydrogens is 218 g/mol. The van der Waals surface area contributed by atoms with E-state index in [9.17, 15) is 9.90 Å². The van der Waals surface area contributed by atoms with Gasteiger partial charge < -0.3 is 9.84 Å². The van der Waals surface area contributed by atoms with Gasteiger partial charge in [-0.15, -0.1) is 0 Å². The van der Waals surface area contributed by atoms with E-state index in [4.69, 9.17) is 4.74 Å². The monoisotopic (exact) mass is 233 g/mol. The van der Waals surface area contributed by atoms with Gasteiger partial charge in [0.05, 0.1) is 24.5 Å². The zero-order valence-corrected chi connectivity index (χ0v) is 9.93. The number of aliphatic hydroxyl groups is 1. The molecule has 90 valence electrons. The van der Waals surface area contributed by atoms with Gasteiger partial charge in [-0.05, 0) is 36.1 Å². The van der Waals surface area contributed by atoms with Crippen molar-refractivity contribution in [3.8, 4) is 0 Å². The number of fused-ring (bicyclic) bond motifs is 1. The molecular formula is C13H15NO3. The molecule has 0 aliphatic heterocycles. The molecule has 0 bridgehead atoms. The Balaban J connectivity index is 2.35. The van der Waals surface area contributed by atoms with Crippen molar-refractivity contribution < 1.29 is 14.6 Å². The van der Waals surface area contributed by atoms with Gasteiger partial charge in [0.1, 0.15) is 0 Å². The number of carbonyl (C=O) groups excluding carboxylic acids is 1. The maximum Gasteiger partial charge on any atom is 0.338 e. The first-order valence-electron chi connectivity index (χ1n) is 5.62. The lowest BCUT2D eigenvalue weighted by Crippen LogP contribution is -2.10. The molecule has 1 aromatic rings. The maximum absolute atomic E-state index is 11.6. The third-order valence-corrected chi connectivity index (χ3v) is 3.01. The third kappa shape index (κ3) is 2.08. The number of hydrogen-bond acceptors (Lipinski definition) is 4. The van der Waals surface area contributed by atoms with E-state index in [1.54, 1.807) is 12.3 Å². The number of nitrogens with zero attached hydrogens (tertiary/aromatic N) is 1.